The van der Waals surface area contributed by atoms with Crippen LogP contribution in [0.1, 0.15) is 22.2 Å². The first-order valence-electron chi connectivity index (χ1n) is 9.19. The maximum atomic E-state index is 13.3. The Morgan fingerprint density at radius 3 is 2.53 bits per heavy atom. The Labute approximate surface area is 185 Å². The van der Waals surface area contributed by atoms with Gasteiger partial charge in [-0.05, 0) is 61.0 Å². The fourth-order valence-corrected chi connectivity index (χ4v) is 4.99. The van der Waals surface area contributed by atoms with Crippen LogP contribution in [0.5, 0.6) is 0 Å². The fourth-order valence-electron chi connectivity index (χ4n) is 2.95. The molecule has 2 heterocycles. The van der Waals surface area contributed by atoms with Crippen molar-refractivity contribution in [2.45, 2.75) is 18.5 Å². The van der Waals surface area contributed by atoms with Crippen LogP contribution < -0.4 is 5.56 Å². The molecule has 0 radical (unpaired) electrons. The number of carbonyl (C=O) groups excluding carboxylic acids is 1. The van der Waals surface area contributed by atoms with Gasteiger partial charge in [-0.15, -0.1) is 11.3 Å². The highest BCUT2D eigenvalue weighted by molar-refractivity contribution is 7.99. The van der Waals surface area contributed by atoms with E-state index in [2.05, 4.69) is 4.98 Å². The summed E-state index contributed by atoms with van der Waals surface area (Å²) in [6, 6.07) is 14.2. The van der Waals surface area contributed by atoms with Crippen LogP contribution in [-0.4, -0.2) is 21.1 Å². The van der Waals surface area contributed by atoms with E-state index in [1.807, 2.05) is 13.0 Å². The van der Waals surface area contributed by atoms with Crippen LogP contribution in [0.4, 0.5) is 4.39 Å². The van der Waals surface area contributed by atoms with E-state index in [0.29, 0.717) is 31.6 Å². The number of fused-ring (bicyclic) bond motifs is 1. The molecular weight excluding hydrogens is 443 g/mol. The third-order valence-electron chi connectivity index (χ3n) is 4.52. The molecule has 0 amide bonds. The van der Waals surface area contributed by atoms with Crippen molar-refractivity contribution in [3.05, 3.63) is 86.2 Å². The van der Waals surface area contributed by atoms with Gasteiger partial charge in [0.05, 0.1) is 16.8 Å². The number of aromatic nitrogens is 2. The van der Waals surface area contributed by atoms with E-state index in [-0.39, 0.29) is 17.1 Å². The third-order valence-corrected chi connectivity index (χ3v) is 6.88. The van der Waals surface area contributed by atoms with Crippen LogP contribution in [0.3, 0.4) is 0 Å². The maximum Gasteiger partial charge on any atom is 0.267 e. The molecular formula is C22H16ClFN2O2S2. The van der Waals surface area contributed by atoms with Crippen molar-refractivity contribution in [3.63, 3.8) is 0 Å². The summed E-state index contributed by atoms with van der Waals surface area (Å²) in [5.41, 5.74) is 0.851. The molecule has 8 heteroatoms. The number of Topliss-reactive ketones (excluding diaryl/α,β-unsaturated/α-hetero) is 1. The Morgan fingerprint density at radius 1 is 1.17 bits per heavy atom. The number of nitrogens with zero attached hydrogens (tertiary/aromatic N) is 2. The van der Waals surface area contributed by atoms with E-state index in [1.54, 1.807) is 24.3 Å². The topological polar surface area (TPSA) is 52.0 Å². The molecule has 0 spiro atoms. The van der Waals surface area contributed by atoms with Gasteiger partial charge in [0, 0.05) is 15.5 Å². The van der Waals surface area contributed by atoms with Crippen molar-refractivity contribution >= 4 is 50.7 Å². The van der Waals surface area contributed by atoms with Crippen LogP contribution in [0.2, 0.25) is 5.02 Å². The van der Waals surface area contributed by atoms with Gasteiger partial charge in [-0.2, -0.15) is 0 Å². The lowest BCUT2D eigenvalue weighted by Gasteiger charge is -2.12. The number of carbonyl (C=O) groups is 1. The van der Waals surface area contributed by atoms with E-state index in [1.165, 1.54) is 51.9 Å². The minimum absolute atomic E-state index is 0.0726. The van der Waals surface area contributed by atoms with Gasteiger partial charge >= 0.3 is 0 Å². The van der Waals surface area contributed by atoms with E-state index in [4.69, 9.17) is 11.6 Å². The predicted molar refractivity (Wildman–Crippen MR) is 121 cm³/mol. The molecule has 0 saturated heterocycles. The van der Waals surface area contributed by atoms with Gasteiger partial charge in [0.15, 0.2) is 10.9 Å². The molecule has 152 valence electrons. The second-order valence-corrected chi connectivity index (χ2v) is 9.01. The summed E-state index contributed by atoms with van der Waals surface area (Å²) in [5, 5.41) is 1.54. The van der Waals surface area contributed by atoms with Crippen molar-refractivity contribution in [2.24, 2.45) is 0 Å². The maximum absolute atomic E-state index is 13.3. The summed E-state index contributed by atoms with van der Waals surface area (Å²) >= 11 is 8.66. The summed E-state index contributed by atoms with van der Waals surface area (Å²) in [6.45, 7) is 2.03. The van der Waals surface area contributed by atoms with Gasteiger partial charge in [0.2, 0.25) is 0 Å². The second kappa shape index (κ2) is 8.71. The number of benzene rings is 2. The molecule has 4 rings (SSSR count). The van der Waals surface area contributed by atoms with Crippen molar-refractivity contribution in [1.82, 2.24) is 9.55 Å². The van der Waals surface area contributed by atoms with Crippen LogP contribution in [-0.2, 0) is 6.42 Å². The summed E-state index contributed by atoms with van der Waals surface area (Å²) in [5.74, 6) is -0.492. The Balaban J connectivity index is 1.75. The van der Waals surface area contributed by atoms with Crippen molar-refractivity contribution < 1.29 is 9.18 Å². The normalized spacial score (nSPS) is 11.2. The average molecular weight is 459 g/mol. The zero-order chi connectivity index (χ0) is 21.3. The van der Waals surface area contributed by atoms with Gasteiger partial charge in [-0.1, -0.05) is 30.3 Å². The van der Waals surface area contributed by atoms with Crippen LogP contribution in [0, 0.1) is 5.82 Å². The van der Waals surface area contributed by atoms with Gasteiger partial charge in [0.25, 0.3) is 5.56 Å². The number of rotatable bonds is 6. The molecule has 0 fully saturated rings. The van der Waals surface area contributed by atoms with E-state index >= 15 is 0 Å². The van der Waals surface area contributed by atoms with Crippen LogP contribution in [0.25, 0.3) is 15.9 Å². The summed E-state index contributed by atoms with van der Waals surface area (Å²) < 4.78 is 14.6. The molecule has 0 bridgehead atoms. The summed E-state index contributed by atoms with van der Waals surface area (Å²) in [4.78, 5) is 32.2. The van der Waals surface area contributed by atoms with E-state index in [9.17, 15) is 14.0 Å². The number of halogens is 2. The van der Waals surface area contributed by atoms with E-state index < -0.39 is 5.82 Å². The van der Waals surface area contributed by atoms with Crippen molar-refractivity contribution in [1.29, 1.82) is 0 Å². The molecule has 0 N–H and O–H groups in total. The number of ketones is 1. The largest absolute Gasteiger partial charge is 0.293 e. The zero-order valence-electron chi connectivity index (χ0n) is 15.9. The monoisotopic (exact) mass is 458 g/mol. The molecule has 0 unspecified atom stereocenters. The lowest BCUT2D eigenvalue weighted by atomic mass is 10.1. The number of hydrogen-bond acceptors (Lipinski definition) is 5. The predicted octanol–water partition coefficient (Wildman–Crippen LogP) is 5.78. The first kappa shape index (κ1) is 20.8. The van der Waals surface area contributed by atoms with Crippen LogP contribution >= 0.6 is 34.7 Å². The molecule has 30 heavy (non-hydrogen) atoms. The molecule has 0 saturated carbocycles. The highest BCUT2D eigenvalue weighted by atomic mass is 35.5. The molecule has 4 nitrogen and oxygen atoms in total. The molecule has 0 aliphatic heterocycles. The number of hydrogen-bond donors (Lipinski definition) is 0. The molecule has 0 aliphatic carbocycles. The first-order valence-corrected chi connectivity index (χ1v) is 11.4. The zero-order valence-corrected chi connectivity index (χ0v) is 18.3. The Morgan fingerprint density at radius 2 is 1.87 bits per heavy atom. The number of thiophene rings is 1. The smallest absolute Gasteiger partial charge is 0.267 e. The van der Waals surface area contributed by atoms with Crippen LogP contribution in [0.15, 0.2) is 64.5 Å². The standard InChI is InChI=1S/C22H16ClFN2O2S2/c1-2-17-11-18-20(30-17)25-22(26(21(18)28)16-9-5-14(23)6-10-16)29-12-19(27)13-3-7-15(24)8-4-13/h3-11H,2,12H2,1H3. The van der Waals surface area contributed by atoms with E-state index in [0.717, 1.165) is 11.3 Å². The van der Waals surface area contributed by atoms with Gasteiger partial charge in [0.1, 0.15) is 10.6 Å². The average Bonchev–Trinajstić information content (AvgIpc) is 3.17. The third kappa shape index (κ3) is 4.19. The first-order chi connectivity index (χ1) is 14.5. The Bertz CT molecular complexity index is 1280. The minimum Gasteiger partial charge on any atom is -0.293 e. The van der Waals surface area contributed by atoms with Crippen molar-refractivity contribution in [2.75, 3.05) is 5.75 Å². The minimum atomic E-state index is -0.396. The number of thioether (sulfide) groups is 1. The molecule has 2 aromatic carbocycles. The van der Waals surface area contributed by atoms with Crippen molar-refractivity contribution in [3.8, 4) is 5.69 Å². The Kier molecular flexibility index (Phi) is 6.04. The molecule has 0 atom stereocenters. The van der Waals surface area contributed by atoms with Gasteiger partial charge in [-0.3, -0.25) is 14.2 Å². The summed E-state index contributed by atoms with van der Waals surface area (Å²) in [7, 11) is 0. The highest BCUT2D eigenvalue weighted by Crippen LogP contribution is 2.27. The SMILES string of the molecule is CCc1cc2c(=O)n(-c3ccc(Cl)cc3)c(SCC(=O)c3ccc(F)cc3)nc2s1. The van der Waals surface area contributed by atoms with Gasteiger partial charge in [-0.25, -0.2) is 9.37 Å². The second-order valence-electron chi connectivity index (χ2n) is 6.52. The lowest BCUT2D eigenvalue weighted by Crippen LogP contribution is -2.21. The quantitative estimate of drug-likeness (QED) is 0.209. The lowest BCUT2D eigenvalue weighted by molar-refractivity contribution is 0.102. The molecule has 2 aromatic heterocycles. The fraction of sp³-hybridized carbons (Fsp3) is 0.136. The van der Waals surface area contributed by atoms with Gasteiger partial charge < -0.3 is 0 Å². The molecule has 0 aliphatic rings. The Hall–Kier alpha value is -2.48. The number of aryl methyl sites for hydroxylation is 1. The highest BCUT2D eigenvalue weighted by Gasteiger charge is 2.17. The molecule has 4 aromatic rings. The summed E-state index contributed by atoms with van der Waals surface area (Å²) in [6.07, 6.45) is 0.812.